The quantitative estimate of drug-likeness (QED) is 0.408. The van der Waals surface area contributed by atoms with Crippen molar-refractivity contribution in [2.45, 2.75) is 26.3 Å². The lowest BCUT2D eigenvalue weighted by molar-refractivity contribution is -0.127. The average Bonchev–Trinajstić information content (AvgIpc) is 1.60. The van der Waals surface area contributed by atoms with Crippen LogP contribution in [0.3, 0.4) is 0 Å². The average molecular weight is 125 g/mol. The van der Waals surface area contributed by atoms with Gasteiger partial charge in [-0.25, -0.2) is 0 Å². The van der Waals surface area contributed by atoms with Crippen LogP contribution in [0.2, 0.25) is 0 Å². The summed E-state index contributed by atoms with van der Waals surface area (Å²) in [5.41, 5.74) is 1.26. The molecule has 9 heavy (non-hydrogen) atoms. The van der Waals surface area contributed by atoms with E-state index in [4.69, 9.17) is 0 Å². The largest absolute Gasteiger partial charge is 0.349 e. The fourth-order valence-electron chi connectivity index (χ4n) is 0.888. The highest BCUT2D eigenvalue weighted by Crippen LogP contribution is 2.07. The summed E-state index contributed by atoms with van der Waals surface area (Å²) in [5, 5.41) is 2.76. The van der Waals surface area contributed by atoms with Crippen LogP contribution >= 0.6 is 0 Å². The van der Waals surface area contributed by atoms with Crippen molar-refractivity contribution in [3.63, 3.8) is 0 Å². The van der Waals surface area contributed by atoms with Gasteiger partial charge in [0.05, 0.1) is 12.5 Å². The second kappa shape index (κ2) is 2.21. The molecule has 1 unspecified atom stereocenters. The molecular formula is C7H11NO. The van der Waals surface area contributed by atoms with E-state index in [1.165, 1.54) is 5.57 Å². The number of amides is 1. The first-order chi connectivity index (χ1) is 4.18. The highest BCUT2D eigenvalue weighted by atomic mass is 16.2. The van der Waals surface area contributed by atoms with Gasteiger partial charge in [-0.1, -0.05) is 11.6 Å². The Labute approximate surface area is 54.9 Å². The first-order valence-corrected chi connectivity index (χ1v) is 3.13. The van der Waals surface area contributed by atoms with Crippen LogP contribution in [-0.2, 0) is 4.79 Å². The Kier molecular flexibility index (Phi) is 1.56. The lowest BCUT2D eigenvalue weighted by Crippen LogP contribution is -2.47. The van der Waals surface area contributed by atoms with E-state index in [-0.39, 0.29) is 5.91 Å². The number of rotatable bonds is 1. The summed E-state index contributed by atoms with van der Waals surface area (Å²) in [6, 6.07) is 0.322. The molecule has 0 aromatic rings. The standard InChI is InChI=1S/C7H11NO/c1-5(2)3-6-4-7(9)8-6/h3,6H,4H2,1-2H3,(H,8,9). The van der Waals surface area contributed by atoms with Gasteiger partial charge >= 0.3 is 0 Å². The van der Waals surface area contributed by atoms with Crippen LogP contribution in [0.1, 0.15) is 20.3 Å². The van der Waals surface area contributed by atoms with Gasteiger partial charge in [-0.15, -0.1) is 0 Å². The minimum atomic E-state index is 0.164. The van der Waals surface area contributed by atoms with E-state index in [1.807, 2.05) is 13.8 Å². The molecule has 1 aliphatic heterocycles. The maximum atomic E-state index is 10.4. The summed E-state index contributed by atoms with van der Waals surface area (Å²) in [5.74, 6) is 0.164. The van der Waals surface area contributed by atoms with Crippen LogP contribution in [0.25, 0.3) is 0 Å². The number of carbonyl (C=O) groups is 1. The molecular weight excluding hydrogens is 114 g/mol. The van der Waals surface area contributed by atoms with Gasteiger partial charge in [-0.2, -0.15) is 0 Å². The maximum Gasteiger partial charge on any atom is 0.222 e. The zero-order chi connectivity index (χ0) is 6.85. The van der Waals surface area contributed by atoms with Gasteiger partial charge in [0.15, 0.2) is 0 Å². The number of β-lactam (4-membered cyclic amide) rings is 1. The Morgan fingerprint density at radius 2 is 2.33 bits per heavy atom. The molecule has 1 rings (SSSR count). The normalized spacial score (nSPS) is 24.2. The summed E-state index contributed by atoms with van der Waals surface area (Å²) in [7, 11) is 0. The monoisotopic (exact) mass is 125 g/mol. The van der Waals surface area contributed by atoms with Gasteiger partial charge in [-0.3, -0.25) is 4.79 Å². The molecule has 1 aliphatic rings. The molecule has 0 saturated carbocycles. The third-order valence-corrected chi connectivity index (χ3v) is 1.29. The van der Waals surface area contributed by atoms with Gasteiger partial charge in [0.2, 0.25) is 5.91 Å². The van der Waals surface area contributed by atoms with E-state index in [9.17, 15) is 4.79 Å². The molecule has 0 aliphatic carbocycles. The highest BCUT2D eigenvalue weighted by molar-refractivity contribution is 5.83. The van der Waals surface area contributed by atoms with Crippen molar-refractivity contribution in [2.24, 2.45) is 0 Å². The Bertz CT molecular complexity index is 148. The van der Waals surface area contributed by atoms with E-state index in [1.54, 1.807) is 0 Å². The molecule has 1 amide bonds. The second-order valence-electron chi connectivity index (χ2n) is 2.62. The van der Waals surface area contributed by atoms with E-state index >= 15 is 0 Å². The van der Waals surface area contributed by atoms with Crippen LogP contribution < -0.4 is 5.32 Å². The Morgan fingerprint density at radius 1 is 1.78 bits per heavy atom. The molecule has 1 fully saturated rings. The smallest absolute Gasteiger partial charge is 0.222 e. The Morgan fingerprint density at radius 3 is 2.67 bits per heavy atom. The molecule has 0 aromatic heterocycles. The SMILES string of the molecule is CC(C)=CC1CC(=O)N1. The highest BCUT2D eigenvalue weighted by Gasteiger charge is 2.21. The van der Waals surface area contributed by atoms with E-state index in [0.29, 0.717) is 12.5 Å². The molecule has 2 heteroatoms. The number of nitrogens with one attached hydrogen (secondary N) is 1. The van der Waals surface area contributed by atoms with Crippen molar-refractivity contribution < 1.29 is 4.79 Å². The summed E-state index contributed by atoms with van der Waals surface area (Å²) < 4.78 is 0. The van der Waals surface area contributed by atoms with Crippen LogP contribution in [0.4, 0.5) is 0 Å². The number of hydrogen-bond acceptors (Lipinski definition) is 1. The fourth-order valence-corrected chi connectivity index (χ4v) is 0.888. The molecule has 0 spiro atoms. The topological polar surface area (TPSA) is 29.1 Å². The zero-order valence-electron chi connectivity index (χ0n) is 5.77. The predicted octanol–water partition coefficient (Wildman–Crippen LogP) is 0.841. The molecule has 2 nitrogen and oxygen atoms in total. The number of carbonyl (C=O) groups excluding carboxylic acids is 1. The van der Waals surface area contributed by atoms with Crippen molar-refractivity contribution in [1.82, 2.24) is 5.32 Å². The molecule has 1 atom stereocenters. The molecule has 0 bridgehead atoms. The molecule has 1 N–H and O–H groups in total. The van der Waals surface area contributed by atoms with E-state index < -0.39 is 0 Å². The first kappa shape index (κ1) is 6.33. The minimum absolute atomic E-state index is 0.164. The third kappa shape index (κ3) is 1.56. The summed E-state index contributed by atoms with van der Waals surface area (Å²) in [4.78, 5) is 10.4. The van der Waals surface area contributed by atoms with E-state index in [0.717, 1.165) is 0 Å². The Balaban J connectivity index is 2.33. The van der Waals surface area contributed by atoms with Crippen molar-refractivity contribution in [2.75, 3.05) is 0 Å². The number of hydrogen-bond donors (Lipinski definition) is 1. The predicted molar refractivity (Wildman–Crippen MR) is 36.0 cm³/mol. The molecule has 1 heterocycles. The molecule has 0 radical (unpaired) electrons. The van der Waals surface area contributed by atoms with Crippen LogP contribution in [0.15, 0.2) is 11.6 Å². The van der Waals surface area contributed by atoms with Gasteiger partial charge < -0.3 is 5.32 Å². The number of allylic oxidation sites excluding steroid dienone is 1. The summed E-state index contributed by atoms with van der Waals surface area (Å²) >= 11 is 0. The minimum Gasteiger partial charge on any atom is -0.349 e. The van der Waals surface area contributed by atoms with Crippen molar-refractivity contribution in [1.29, 1.82) is 0 Å². The lowest BCUT2D eigenvalue weighted by Gasteiger charge is -2.23. The van der Waals surface area contributed by atoms with Gasteiger partial charge in [-0.05, 0) is 13.8 Å². The van der Waals surface area contributed by atoms with Crippen LogP contribution in [0, 0.1) is 0 Å². The molecule has 0 aromatic carbocycles. The maximum absolute atomic E-state index is 10.4. The zero-order valence-corrected chi connectivity index (χ0v) is 5.77. The molecule has 1 saturated heterocycles. The lowest BCUT2D eigenvalue weighted by atomic mass is 10.0. The van der Waals surface area contributed by atoms with Crippen molar-refractivity contribution >= 4 is 5.91 Å². The molecule has 50 valence electrons. The van der Waals surface area contributed by atoms with Gasteiger partial charge in [0.25, 0.3) is 0 Å². The fraction of sp³-hybridized carbons (Fsp3) is 0.571. The van der Waals surface area contributed by atoms with Crippen molar-refractivity contribution in [3.05, 3.63) is 11.6 Å². The van der Waals surface area contributed by atoms with E-state index in [2.05, 4.69) is 11.4 Å². The third-order valence-electron chi connectivity index (χ3n) is 1.29. The van der Waals surface area contributed by atoms with Crippen LogP contribution in [0.5, 0.6) is 0 Å². The van der Waals surface area contributed by atoms with Gasteiger partial charge in [0, 0.05) is 0 Å². The van der Waals surface area contributed by atoms with Gasteiger partial charge in [0.1, 0.15) is 0 Å². The second-order valence-corrected chi connectivity index (χ2v) is 2.62. The van der Waals surface area contributed by atoms with Crippen molar-refractivity contribution in [3.8, 4) is 0 Å². The van der Waals surface area contributed by atoms with Crippen LogP contribution in [-0.4, -0.2) is 11.9 Å². The Hall–Kier alpha value is -0.790. The summed E-state index contributed by atoms with van der Waals surface area (Å²) in [6.07, 6.45) is 2.74. The summed E-state index contributed by atoms with van der Waals surface area (Å²) in [6.45, 7) is 4.06. The first-order valence-electron chi connectivity index (χ1n) is 3.13.